The smallest absolute Gasteiger partial charge is 0.338 e. The number of esters is 2. The highest BCUT2D eigenvalue weighted by Gasteiger charge is 2.53. The monoisotopic (exact) mass is 482 g/mol. The number of aliphatic hydroxyl groups excluding tert-OH is 4. The van der Waals surface area contributed by atoms with Crippen LogP contribution in [-0.2, 0) is 19.0 Å². The van der Waals surface area contributed by atoms with Crippen molar-refractivity contribution in [3.05, 3.63) is 35.4 Å². The molecule has 1 aromatic carbocycles. The molecule has 1 aromatic rings. The zero-order valence-electron chi connectivity index (χ0n) is 18.8. The molecule has 1 fully saturated rings. The average Bonchev–Trinajstić information content (AvgIpc) is 2.80. The van der Waals surface area contributed by atoms with Gasteiger partial charge in [-0.25, -0.2) is 4.79 Å². The molecule has 1 saturated heterocycles. The molecular formula is C23H30O11. The lowest BCUT2D eigenvalue weighted by Crippen LogP contribution is -2.62. The maximum Gasteiger partial charge on any atom is 0.338 e. The van der Waals surface area contributed by atoms with Gasteiger partial charge < -0.3 is 44.8 Å². The average molecular weight is 482 g/mol. The maximum absolute atomic E-state index is 13.4. The topological polar surface area (TPSA) is 183 Å². The summed E-state index contributed by atoms with van der Waals surface area (Å²) in [6.07, 6.45) is -5.11. The van der Waals surface area contributed by atoms with E-state index < -0.39 is 72.8 Å². The second-order valence-corrected chi connectivity index (χ2v) is 8.68. The van der Waals surface area contributed by atoms with Crippen molar-refractivity contribution in [1.29, 1.82) is 0 Å². The van der Waals surface area contributed by atoms with Gasteiger partial charge in [-0.3, -0.25) is 4.79 Å². The van der Waals surface area contributed by atoms with E-state index in [1.165, 1.54) is 6.07 Å². The van der Waals surface area contributed by atoms with Crippen LogP contribution in [0.25, 0.3) is 0 Å². The molecule has 3 rings (SSSR count). The third kappa shape index (κ3) is 4.62. The fourth-order valence-electron chi connectivity index (χ4n) is 4.48. The van der Waals surface area contributed by atoms with Crippen molar-refractivity contribution in [1.82, 2.24) is 0 Å². The lowest BCUT2D eigenvalue weighted by atomic mass is 9.66. The maximum atomic E-state index is 13.4. The van der Waals surface area contributed by atoms with Gasteiger partial charge in [0, 0.05) is 0 Å². The zero-order valence-corrected chi connectivity index (χ0v) is 18.8. The Morgan fingerprint density at radius 3 is 2.41 bits per heavy atom. The van der Waals surface area contributed by atoms with Crippen molar-refractivity contribution in [2.45, 2.75) is 57.4 Å². The van der Waals surface area contributed by atoms with Crippen LogP contribution in [-0.4, -0.2) is 86.5 Å². The highest BCUT2D eigenvalue weighted by molar-refractivity contribution is 5.90. The summed E-state index contributed by atoms with van der Waals surface area (Å²) in [5, 5.41) is 59.6. The van der Waals surface area contributed by atoms with Crippen LogP contribution in [0.3, 0.4) is 0 Å². The number of aliphatic hydroxyl groups is 4. The van der Waals surface area contributed by atoms with E-state index in [0.29, 0.717) is 18.4 Å². The Kier molecular flexibility index (Phi) is 7.84. The molecule has 0 unspecified atom stereocenters. The van der Waals surface area contributed by atoms with E-state index in [1.807, 2.05) is 6.08 Å². The Hall–Kier alpha value is -2.70. The van der Waals surface area contributed by atoms with Gasteiger partial charge in [-0.05, 0) is 43.9 Å². The molecule has 7 atom stereocenters. The Morgan fingerprint density at radius 1 is 1.12 bits per heavy atom. The fourth-order valence-corrected chi connectivity index (χ4v) is 4.48. The molecule has 11 nitrogen and oxygen atoms in total. The van der Waals surface area contributed by atoms with Crippen LogP contribution in [0.4, 0.5) is 0 Å². The zero-order chi connectivity index (χ0) is 25.2. The molecule has 0 amide bonds. The molecule has 11 heteroatoms. The second-order valence-electron chi connectivity index (χ2n) is 8.68. The number of ether oxygens (including phenoxy) is 3. The van der Waals surface area contributed by atoms with Crippen LogP contribution in [0.15, 0.2) is 29.8 Å². The number of benzene rings is 1. The predicted molar refractivity (Wildman–Crippen MR) is 115 cm³/mol. The van der Waals surface area contributed by atoms with Gasteiger partial charge in [0.05, 0.1) is 18.8 Å². The first-order valence-corrected chi connectivity index (χ1v) is 10.9. The van der Waals surface area contributed by atoms with Crippen molar-refractivity contribution in [2.24, 2.45) is 11.3 Å². The minimum absolute atomic E-state index is 0.177. The van der Waals surface area contributed by atoms with Crippen LogP contribution in [0.1, 0.15) is 37.0 Å². The van der Waals surface area contributed by atoms with Gasteiger partial charge in [-0.1, -0.05) is 18.6 Å². The first-order chi connectivity index (χ1) is 16.1. The number of phenols is 2. The van der Waals surface area contributed by atoms with Crippen LogP contribution in [0.5, 0.6) is 11.5 Å². The van der Waals surface area contributed by atoms with E-state index >= 15 is 0 Å². The van der Waals surface area contributed by atoms with Gasteiger partial charge >= 0.3 is 11.9 Å². The van der Waals surface area contributed by atoms with Crippen LogP contribution in [0, 0.1) is 11.3 Å². The second kappa shape index (κ2) is 10.3. The summed E-state index contributed by atoms with van der Waals surface area (Å²) in [7, 11) is 0. The number of hydrogen-bond donors (Lipinski definition) is 6. The minimum atomic E-state index is -1.85. The Balaban J connectivity index is 1.92. The molecule has 0 spiro atoms. The summed E-state index contributed by atoms with van der Waals surface area (Å²) in [5.41, 5.74) is -0.982. The van der Waals surface area contributed by atoms with Crippen molar-refractivity contribution in [3.63, 3.8) is 0 Å². The molecule has 2 aliphatic rings. The van der Waals surface area contributed by atoms with Crippen molar-refractivity contribution in [2.75, 3.05) is 13.2 Å². The summed E-state index contributed by atoms with van der Waals surface area (Å²) in [5.74, 6) is -3.26. The predicted octanol–water partition coefficient (Wildman–Crippen LogP) is -0.0397. The summed E-state index contributed by atoms with van der Waals surface area (Å²) >= 11 is 0. The Bertz CT molecular complexity index is 945. The first-order valence-electron chi connectivity index (χ1n) is 10.9. The molecule has 188 valence electrons. The Morgan fingerprint density at radius 2 is 1.82 bits per heavy atom. The highest BCUT2D eigenvalue weighted by Crippen LogP contribution is 2.43. The van der Waals surface area contributed by atoms with Crippen molar-refractivity contribution < 1.29 is 54.4 Å². The van der Waals surface area contributed by atoms with Crippen LogP contribution < -0.4 is 0 Å². The van der Waals surface area contributed by atoms with Crippen LogP contribution in [0.2, 0.25) is 0 Å². The SMILES string of the molecule is CC1=CCC[C@@H](C)[C@@]1(CO)C(=O)O[C@@H]1[C@@H](O)[C@H](O)O[C@H](CO)[C@H]1OC(=O)c1ccc(O)c(O)c1. The lowest BCUT2D eigenvalue weighted by Gasteiger charge is -2.44. The van der Waals surface area contributed by atoms with Gasteiger partial charge in [-0.2, -0.15) is 0 Å². The van der Waals surface area contributed by atoms with Crippen LogP contribution >= 0.6 is 0 Å². The third-order valence-corrected chi connectivity index (χ3v) is 6.72. The number of carbonyl (C=O) groups is 2. The first kappa shape index (κ1) is 25.9. The molecule has 6 N–H and O–H groups in total. The van der Waals surface area contributed by atoms with Gasteiger partial charge in [0.2, 0.25) is 0 Å². The van der Waals surface area contributed by atoms with E-state index in [2.05, 4.69) is 0 Å². The number of rotatable bonds is 6. The molecule has 1 heterocycles. The van der Waals surface area contributed by atoms with E-state index in [9.17, 15) is 40.2 Å². The summed E-state index contributed by atoms with van der Waals surface area (Å²) in [6.45, 7) is 2.16. The molecule has 34 heavy (non-hydrogen) atoms. The van der Waals surface area contributed by atoms with Gasteiger partial charge in [-0.15, -0.1) is 0 Å². The quantitative estimate of drug-likeness (QED) is 0.182. The number of phenolic OH excluding ortho intramolecular Hbond substituents is 2. The minimum Gasteiger partial charge on any atom is -0.504 e. The van der Waals surface area contributed by atoms with E-state index in [4.69, 9.17) is 14.2 Å². The molecule has 1 aliphatic carbocycles. The molecule has 0 saturated carbocycles. The van der Waals surface area contributed by atoms with E-state index in [0.717, 1.165) is 12.1 Å². The highest BCUT2D eigenvalue weighted by atomic mass is 16.7. The lowest BCUT2D eigenvalue weighted by molar-refractivity contribution is -0.291. The largest absolute Gasteiger partial charge is 0.504 e. The van der Waals surface area contributed by atoms with Gasteiger partial charge in [0.25, 0.3) is 0 Å². The van der Waals surface area contributed by atoms with Gasteiger partial charge in [0.15, 0.2) is 30.0 Å². The van der Waals surface area contributed by atoms with E-state index in [1.54, 1.807) is 13.8 Å². The third-order valence-electron chi connectivity index (χ3n) is 6.72. The molecule has 1 aliphatic heterocycles. The number of aromatic hydroxyl groups is 2. The molecule has 0 bridgehead atoms. The summed E-state index contributed by atoms with van der Waals surface area (Å²) in [4.78, 5) is 26.0. The summed E-state index contributed by atoms with van der Waals surface area (Å²) < 4.78 is 16.1. The number of allylic oxidation sites excluding steroid dienone is 1. The van der Waals surface area contributed by atoms with Crippen molar-refractivity contribution in [3.8, 4) is 11.5 Å². The molecular weight excluding hydrogens is 452 g/mol. The number of carbonyl (C=O) groups excluding carboxylic acids is 2. The Labute approximate surface area is 195 Å². The van der Waals surface area contributed by atoms with E-state index in [-0.39, 0.29) is 11.5 Å². The molecule has 0 aromatic heterocycles. The molecule has 0 radical (unpaired) electrons. The normalized spacial score (nSPS) is 33.6. The van der Waals surface area contributed by atoms with Gasteiger partial charge in [0.1, 0.15) is 17.6 Å². The number of hydrogen-bond acceptors (Lipinski definition) is 11. The van der Waals surface area contributed by atoms with Crippen molar-refractivity contribution >= 4 is 11.9 Å². The summed E-state index contributed by atoms with van der Waals surface area (Å²) in [6, 6.07) is 3.17. The standard InChI is InChI=1S/C23H30O11/c1-11-4-3-5-12(2)23(11,10-25)22(31)34-19-17(28)21(30)32-16(9-24)18(19)33-20(29)13-6-7-14(26)15(27)8-13/h4,6-8,12,16-19,21,24-28,30H,3,5,9-10H2,1-2H3/t12-,16-,17-,18-,19-,21-,23+/m1/s1. The fraction of sp³-hybridized carbons (Fsp3) is 0.565.